The van der Waals surface area contributed by atoms with Crippen molar-refractivity contribution in [2.45, 2.75) is 19.1 Å². The SMILES string of the molecule is O=C(OC1C(OC(=O)c2ccccc2)C2(I)c3ccccc3C1(I)c1ccccc12)c1ccccc1. The average molecular weight is 698 g/mol. The van der Waals surface area contributed by atoms with Gasteiger partial charge in [-0.15, -0.1) is 0 Å². The Hall–Kier alpha value is -2.72. The summed E-state index contributed by atoms with van der Waals surface area (Å²) in [6, 6.07) is 34.2. The lowest BCUT2D eigenvalue weighted by Gasteiger charge is -2.57. The first-order valence-electron chi connectivity index (χ1n) is 11.6. The molecule has 0 N–H and O–H groups in total. The number of ether oxygens (including phenoxy) is 2. The van der Waals surface area contributed by atoms with Gasteiger partial charge in [0.15, 0.2) is 12.2 Å². The normalized spacial score (nSPS) is 25.4. The smallest absolute Gasteiger partial charge is 0.338 e. The van der Waals surface area contributed by atoms with E-state index >= 15 is 0 Å². The Morgan fingerprint density at radius 2 is 0.778 bits per heavy atom. The molecule has 4 aromatic rings. The van der Waals surface area contributed by atoms with Crippen LogP contribution in [-0.4, -0.2) is 24.1 Å². The molecule has 36 heavy (non-hydrogen) atoms. The molecule has 4 nitrogen and oxygen atoms in total. The summed E-state index contributed by atoms with van der Waals surface area (Å²) in [5, 5.41) is 0. The minimum atomic E-state index is -0.750. The van der Waals surface area contributed by atoms with Crippen molar-refractivity contribution in [3.8, 4) is 0 Å². The zero-order valence-corrected chi connectivity index (χ0v) is 23.3. The third-order valence-corrected chi connectivity index (χ3v) is 10.5. The number of carbonyl (C=O) groups is 2. The summed E-state index contributed by atoms with van der Waals surface area (Å²) in [6.07, 6.45) is -1.50. The van der Waals surface area contributed by atoms with Gasteiger partial charge in [0.2, 0.25) is 0 Å². The maximum Gasteiger partial charge on any atom is 0.338 e. The summed E-state index contributed by atoms with van der Waals surface area (Å²) in [5.74, 6) is -0.889. The number of benzene rings is 4. The molecule has 0 saturated carbocycles. The molecule has 0 amide bonds. The van der Waals surface area contributed by atoms with Gasteiger partial charge >= 0.3 is 11.9 Å². The molecule has 0 heterocycles. The third-order valence-electron chi connectivity index (χ3n) is 6.97. The zero-order chi connectivity index (χ0) is 24.9. The molecule has 2 bridgehead atoms. The lowest BCUT2D eigenvalue weighted by atomic mass is 9.60. The fourth-order valence-corrected chi connectivity index (χ4v) is 8.15. The van der Waals surface area contributed by atoms with Crippen LogP contribution in [0.2, 0.25) is 0 Å². The van der Waals surface area contributed by atoms with Crippen LogP contribution in [0.5, 0.6) is 0 Å². The Kier molecular flexibility index (Phi) is 5.91. The van der Waals surface area contributed by atoms with Gasteiger partial charge < -0.3 is 9.47 Å². The van der Waals surface area contributed by atoms with Crippen molar-refractivity contribution in [1.82, 2.24) is 0 Å². The van der Waals surface area contributed by atoms with Gasteiger partial charge in [-0.25, -0.2) is 9.59 Å². The Labute approximate surface area is 236 Å². The number of rotatable bonds is 4. The van der Waals surface area contributed by atoms with Gasteiger partial charge in [-0.2, -0.15) is 0 Å². The first kappa shape index (κ1) is 23.7. The molecule has 0 spiro atoms. The summed E-state index contributed by atoms with van der Waals surface area (Å²) in [5.41, 5.74) is 5.17. The maximum atomic E-state index is 13.4. The molecule has 0 saturated heterocycles. The molecule has 6 heteroatoms. The van der Waals surface area contributed by atoms with E-state index in [0.29, 0.717) is 11.1 Å². The van der Waals surface area contributed by atoms with Gasteiger partial charge in [0.05, 0.1) is 11.1 Å². The Morgan fingerprint density at radius 1 is 0.500 bits per heavy atom. The van der Waals surface area contributed by atoms with Crippen molar-refractivity contribution in [2.75, 3.05) is 0 Å². The van der Waals surface area contributed by atoms with Gasteiger partial charge in [0.1, 0.15) is 6.84 Å². The van der Waals surface area contributed by atoms with Crippen LogP contribution in [-0.2, 0) is 16.3 Å². The second kappa shape index (κ2) is 8.99. The van der Waals surface area contributed by atoms with E-state index in [2.05, 4.69) is 69.4 Å². The molecule has 2 atom stereocenters. The van der Waals surface area contributed by atoms with Gasteiger partial charge in [-0.3, -0.25) is 0 Å². The molecule has 7 rings (SSSR count). The number of alkyl halides is 2. The highest BCUT2D eigenvalue weighted by molar-refractivity contribution is 14.1. The van der Waals surface area contributed by atoms with Crippen molar-refractivity contribution in [1.29, 1.82) is 0 Å². The molecule has 2 unspecified atom stereocenters. The predicted molar refractivity (Wildman–Crippen MR) is 154 cm³/mol. The van der Waals surface area contributed by atoms with Gasteiger partial charge in [0, 0.05) is 0 Å². The highest BCUT2D eigenvalue weighted by Crippen LogP contribution is 2.66. The van der Waals surface area contributed by atoms with Gasteiger partial charge in [0.25, 0.3) is 0 Å². The largest absolute Gasteiger partial charge is 0.453 e. The lowest BCUT2D eigenvalue weighted by molar-refractivity contribution is -0.0612. The Morgan fingerprint density at radius 3 is 1.08 bits per heavy atom. The Balaban J connectivity index is 1.54. The fourth-order valence-electron chi connectivity index (χ4n) is 5.36. The van der Waals surface area contributed by atoms with Crippen LogP contribution < -0.4 is 0 Å². The molecule has 0 aliphatic heterocycles. The van der Waals surface area contributed by atoms with Crippen molar-refractivity contribution < 1.29 is 19.1 Å². The quantitative estimate of drug-likeness (QED) is 0.134. The average Bonchev–Trinajstić information content (AvgIpc) is 2.93. The third kappa shape index (κ3) is 3.44. The summed E-state index contributed by atoms with van der Waals surface area (Å²) >= 11 is 4.80. The number of halogens is 2. The molecule has 0 radical (unpaired) electrons. The number of fused-ring (bicyclic) bond motifs is 1. The molecular weight excluding hydrogens is 678 g/mol. The standard InChI is InChI=1S/C30H20I2O4/c31-29-21-15-7-9-17-23(21)30(32,24-18-10-8-16-22(24)29)26(36-28(34)20-13-5-2-6-14-20)25(29)35-27(33)19-11-3-1-4-12-19/h1-18,25-26H. The summed E-state index contributed by atoms with van der Waals surface area (Å²) < 4.78 is 11.1. The number of hydrogen-bond donors (Lipinski definition) is 0. The van der Waals surface area contributed by atoms with E-state index in [9.17, 15) is 9.59 Å². The summed E-state index contributed by atoms with van der Waals surface area (Å²) in [7, 11) is 0. The van der Waals surface area contributed by atoms with Crippen LogP contribution in [0.3, 0.4) is 0 Å². The molecular formula is C30H20I2O4. The topological polar surface area (TPSA) is 52.6 Å². The van der Waals surface area contributed by atoms with Crippen molar-refractivity contribution in [3.05, 3.63) is 143 Å². The van der Waals surface area contributed by atoms with Crippen LogP contribution in [0, 0.1) is 0 Å². The van der Waals surface area contributed by atoms with E-state index < -0.39 is 31.0 Å². The highest BCUT2D eigenvalue weighted by atomic mass is 127. The maximum absolute atomic E-state index is 13.4. The second-order valence-corrected chi connectivity index (χ2v) is 12.3. The van der Waals surface area contributed by atoms with E-state index in [0.717, 1.165) is 22.3 Å². The number of esters is 2. The fraction of sp³-hybridized carbons (Fsp3) is 0.133. The van der Waals surface area contributed by atoms with Crippen molar-refractivity contribution in [3.63, 3.8) is 0 Å². The molecule has 3 aliphatic carbocycles. The van der Waals surface area contributed by atoms with E-state index in [1.165, 1.54) is 0 Å². The summed E-state index contributed by atoms with van der Waals surface area (Å²) in [4.78, 5) is 26.8. The van der Waals surface area contributed by atoms with Gasteiger partial charge in [-0.05, 0) is 46.5 Å². The molecule has 4 aromatic carbocycles. The van der Waals surface area contributed by atoms with Crippen molar-refractivity contribution in [2.24, 2.45) is 0 Å². The minimum Gasteiger partial charge on any atom is -0.453 e. The Bertz CT molecular complexity index is 1310. The van der Waals surface area contributed by atoms with Gasteiger partial charge in [-0.1, -0.05) is 130 Å². The van der Waals surface area contributed by atoms with Crippen LogP contribution in [0.4, 0.5) is 0 Å². The first-order chi connectivity index (χ1) is 17.5. The number of hydrogen-bond acceptors (Lipinski definition) is 4. The zero-order valence-electron chi connectivity index (χ0n) is 18.9. The molecule has 178 valence electrons. The van der Waals surface area contributed by atoms with E-state index in [4.69, 9.17) is 9.47 Å². The van der Waals surface area contributed by atoms with E-state index in [-0.39, 0.29) is 0 Å². The molecule has 0 fully saturated rings. The van der Waals surface area contributed by atoms with E-state index in [1.807, 2.05) is 36.4 Å². The first-order valence-corrected chi connectivity index (χ1v) is 13.7. The summed E-state index contributed by atoms with van der Waals surface area (Å²) in [6.45, 7) is 0. The monoisotopic (exact) mass is 698 g/mol. The van der Waals surface area contributed by atoms with Crippen molar-refractivity contribution >= 4 is 57.1 Å². The van der Waals surface area contributed by atoms with Crippen LogP contribution in [0.25, 0.3) is 0 Å². The molecule has 3 aliphatic rings. The second-order valence-electron chi connectivity index (χ2n) is 8.90. The van der Waals surface area contributed by atoms with Crippen LogP contribution in [0.15, 0.2) is 109 Å². The predicted octanol–water partition coefficient (Wildman–Crippen LogP) is 6.82. The van der Waals surface area contributed by atoms with E-state index in [1.54, 1.807) is 48.5 Å². The molecule has 0 aromatic heterocycles. The minimum absolute atomic E-state index is 0.445. The highest BCUT2D eigenvalue weighted by Gasteiger charge is 2.67. The lowest BCUT2D eigenvalue weighted by Crippen LogP contribution is -2.64. The van der Waals surface area contributed by atoms with Crippen LogP contribution in [0.1, 0.15) is 43.0 Å². The number of carbonyl (C=O) groups excluding carboxylic acids is 2. The van der Waals surface area contributed by atoms with Crippen LogP contribution >= 0.6 is 45.2 Å².